The first-order valence-electron chi connectivity index (χ1n) is 7.19. The second-order valence-corrected chi connectivity index (χ2v) is 6.72. The van der Waals surface area contributed by atoms with Crippen molar-refractivity contribution < 1.29 is 4.79 Å². The molecule has 1 aromatic carbocycles. The second kappa shape index (κ2) is 6.82. The Bertz CT molecular complexity index is 469. The van der Waals surface area contributed by atoms with E-state index in [2.05, 4.69) is 19.2 Å². The normalized spacial score (nSPS) is 26.3. The third-order valence-electron chi connectivity index (χ3n) is 4.36. The quantitative estimate of drug-likeness (QED) is 0.876. The van der Waals surface area contributed by atoms with Crippen molar-refractivity contribution in [1.29, 1.82) is 0 Å². The minimum Gasteiger partial charge on any atom is -0.353 e. The molecule has 1 fully saturated rings. The van der Waals surface area contributed by atoms with Crippen molar-refractivity contribution in [1.82, 2.24) is 5.32 Å². The fourth-order valence-electron chi connectivity index (χ4n) is 2.82. The van der Waals surface area contributed by atoms with Crippen molar-refractivity contribution in [2.24, 2.45) is 11.8 Å². The molecule has 2 rings (SSSR count). The maximum Gasteiger partial charge on any atom is 0.224 e. The average Bonchev–Trinajstić information content (AvgIpc) is 2.38. The highest BCUT2D eigenvalue weighted by Gasteiger charge is 2.25. The summed E-state index contributed by atoms with van der Waals surface area (Å²) in [4.78, 5) is 12.1. The molecule has 0 radical (unpaired) electrons. The molecule has 1 aromatic rings. The van der Waals surface area contributed by atoms with Crippen LogP contribution in [0.2, 0.25) is 10.0 Å². The summed E-state index contributed by atoms with van der Waals surface area (Å²) >= 11 is 12.2. The van der Waals surface area contributed by atoms with Gasteiger partial charge in [-0.3, -0.25) is 4.79 Å². The van der Waals surface area contributed by atoms with Crippen molar-refractivity contribution in [2.75, 3.05) is 0 Å². The van der Waals surface area contributed by atoms with Gasteiger partial charge in [-0.15, -0.1) is 0 Å². The average molecular weight is 314 g/mol. The van der Waals surface area contributed by atoms with Gasteiger partial charge in [0, 0.05) is 16.1 Å². The number of rotatable bonds is 3. The summed E-state index contributed by atoms with van der Waals surface area (Å²) in [5, 5.41) is 4.22. The van der Waals surface area contributed by atoms with Gasteiger partial charge in [-0.05, 0) is 48.8 Å². The molecule has 3 unspecified atom stereocenters. The zero-order valence-electron chi connectivity index (χ0n) is 12.0. The first-order valence-corrected chi connectivity index (χ1v) is 7.95. The number of carbonyl (C=O) groups excluding carboxylic acids is 1. The Balaban J connectivity index is 1.93. The van der Waals surface area contributed by atoms with Crippen LogP contribution >= 0.6 is 23.2 Å². The molecule has 4 heteroatoms. The molecule has 0 aliphatic heterocycles. The van der Waals surface area contributed by atoms with Gasteiger partial charge in [-0.1, -0.05) is 43.1 Å². The minimum atomic E-state index is 0.00625. The van der Waals surface area contributed by atoms with Crippen LogP contribution in [0.1, 0.15) is 38.7 Å². The molecule has 3 atom stereocenters. The third kappa shape index (κ3) is 3.89. The van der Waals surface area contributed by atoms with E-state index in [4.69, 9.17) is 23.2 Å². The van der Waals surface area contributed by atoms with Gasteiger partial charge < -0.3 is 5.32 Å². The van der Waals surface area contributed by atoms with Crippen LogP contribution in [0.15, 0.2) is 18.2 Å². The van der Waals surface area contributed by atoms with Gasteiger partial charge in [0.15, 0.2) is 0 Å². The molecule has 0 spiro atoms. The van der Waals surface area contributed by atoms with Crippen LogP contribution in [0.4, 0.5) is 0 Å². The van der Waals surface area contributed by atoms with E-state index >= 15 is 0 Å². The highest BCUT2D eigenvalue weighted by atomic mass is 35.5. The minimum absolute atomic E-state index is 0.00625. The maximum absolute atomic E-state index is 12.1. The smallest absolute Gasteiger partial charge is 0.224 e. The topological polar surface area (TPSA) is 29.1 Å². The monoisotopic (exact) mass is 313 g/mol. The van der Waals surface area contributed by atoms with Gasteiger partial charge in [0.2, 0.25) is 5.91 Å². The second-order valence-electron chi connectivity index (χ2n) is 5.91. The van der Waals surface area contributed by atoms with Gasteiger partial charge in [-0.2, -0.15) is 0 Å². The van der Waals surface area contributed by atoms with Crippen LogP contribution in [0.25, 0.3) is 0 Å². The molecule has 1 N–H and O–H groups in total. The third-order valence-corrected chi connectivity index (χ3v) is 5.07. The molecule has 1 saturated carbocycles. The molecule has 0 saturated heterocycles. The SMILES string of the molecule is CC1CCC(NC(=O)Cc2c(Cl)cccc2Cl)CC1C. The number of hydrogen-bond acceptors (Lipinski definition) is 1. The van der Waals surface area contributed by atoms with Crippen molar-refractivity contribution in [2.45, 2.75) is 45.6 Å². The molecule has 20 heavy (non-hydrogen) atoms. The summed E-state index contributed by atoms with van der Waals surface area (Å²) in [5.41, 5.74) is 0.713. The summed E-state index contributed by atoms with van der Waals surface area (Å²) in [7, 11) is 0. The van der Waals surface area contributed by atoms with Gasteiger partial charge in [0.05, 0.1) is 6.42 Å². The van der Waals surface area contributed by atoms with Crippen molar-refractivity contribution in [3.8, 4) is 0 Å². The van der Waals surface area contributed by atoms with Gasteiger partial charge >= 0.3 is 0 Å². The zero-order valence-corrected chi connectivity index (χ0v) is 13.5. The molecule has 2 nitrogen and oxygen atoms in total. The van der Waals surface area contributed by atoms with Gasteiger partial charge in [-0.25, -0.2) is 0 Å². The Hall–Kier alpha value is -0.730. The fourth-order valence-corrected chi connectivity index (χ4v) is 3.35. The summed E-state index contributed by atoms with van der Waals surface area (Å²) in [6.07, 6.45) is 3.55. The van der Waals surface area contributed by atoms with E-state index in [1.165, 1.54) is 6.42 Å². The van der Waals surface area contributed by atoms with Crippen LogP contribution in [0.3, 0.4) is 0 Å². The Morgan fingerprint density at radius 3 is 2.45 bits per heavy atom. The lowest BCUT2D eigenvalue weighted by Gasteiger charge is -2.32. The van der Waals surface area contributed by atoms with Crippen LogP contribution in [-0.2, 0) is 11.2 Å². The molecule has 0 heterocycles. The van der Waals surface area contributed by atoms with Gasteiger partial charge in [0.1, 0.15) is 0 Å². The Morgan fingerprint density at radius 1 is 1.20 bits per heavy atom. The highest BCUT2D eigenvalue weighted by molar-refractivity contribution is 6.36. The lowest BCUT2D eigenvalue weighted by atomic mass is 9.79. The molecular weight excluding hydrogens is 293 g/mol. The van der Waals surface area contributed by atoms with E-state index < -0.39 is 0 Å². The van der Waals surface area contributed by atoms with E-state index in [1.807, 2.05) is 0 Å². The number of halogens is 2. The van der Waals surface area contributed by atoms with Crippen LogP contribution in [-0.4, -0.2) is 11.9 Å². The summed E-state index contributed by atoms with van der Waals surface area (Å²) in [6, 6.07) is 5.60. The van der Waals surface area contributed by atoms with E-state index in [0.29, 0.717) is 21.5 Å². The fraction of sp³-hybridized carbons (Fsp3) is 0.562. The number of amides is 1. The highest BCUT2D eigenvalue weighted by Crippen LogP contribution is 2.29. The van der Waals surface area contributed by atoms with E-state index in [-0.39, 0.29) is 18.4 Å². The van der Waals surface area contributed by atoms with Crippen molar-refractivity contribution in [3.05, 3.63) is 33.8 Å². The maximum atomic E-state index is 12.1. The van der Waals surface area contributed by atoms with E-state index in [1.54, 1.807) is 18.2 Å². The predicted octanol–water partition coefficient (Wildman–Crippen LogP) is 4.48. The first kappa shape index (κ1) is 15.7. The molecule has 0 bridgehead atoms. The lowest BCUT2D eigenvalue weighted by molar-refractivity contribution is -0.121. The molecular formula is C16H21Cl2NO. The summed E-state index contributed by atoms with van der Waals surface area (Å²) in [6.45, 7) is 4.54. The summed E-state index contributed by atoms with van der Waals surface area (Å²) in [5.74, 6) is 1.42. The van der Waals surface area contributed by atoms with Crippen LogP contribution in [0.5, 0.6) is 0 Å². The molecule has 1 aliphatic carbocycles. The predicted molar refractivity (Wildman–Crippen MR) is 84.3 cm³/mol. The molecule has 110 valence electrons. The first-order chi connectivity index (χ1) is 9.47. The standard InChI is InChI=1S/C16H21Cl2NO/c1-10-6-7-12(8-11(10)2)19-16(20)9-13-14(17)4-3-5-15(13)18/h3-5,10-12H,6-9H2,1-2H3,(H,19,20). The number of hydrogen-bond donors (Lipinski definition) is 1. The van der Waals surface area contributed by atoms with E-state index in [0.717, 1.165) is 18.8 Å². The van der Waals surface area contributed by atoms with Crippen molar-refractivity contribution >= 4 is 29.1 Å². The zero-order chi connectivity index (χ0) is 14.7. The lowest BCUT2D eigenvalue weighted by Crippen LogP contribution is -2.40. The van der Waals surface area contributed by atoms with E-state index in [9.17, 15) is 4.79 Å². The van der Waals surface area contributed by atoms with Crippen LogP contribution < -0.4 is 5.32 Å². The molecule has 1 aliphatic rings. The largest absolute Gasteiger partial charge is 0.353 e. The van der Waals surface area contributed by atoms with Crippen molar-refractivity contribution in [3.63, 3.8) is 0 Å². The summed E-state index contributed by atoms with van der Waals surface area (Å²) < 4.78 is 0. The Morgan fingerprint density at radius 2 is 1.85 bits per heavy atom. The molecule has 0 aromatic heterocycles. The number of benzene rings is 1. The van der Waals surface area contributed by atoms with Crippen LogP contribution in [0, 0.1) is 11.8 Å². The Labute approximate surface area is 130 Å². The number of carbonyl (C=O) groups is 1. The molecule has 1 amide bonds. The van der Waals surface area contributed by atoms with Gasteiger partial charge in [0.25, 0.3) is 0 Å². The Kier molecular flexibility index (Phi) is 5.34. The number of nitrogens with one attached hydrogen (secondary N) is 1.